The second kappa shape index (κ2) is 6.71. The molecule has 0 heterocycles. The van der Waals surface area contributed by atoms with Gasteiger partial charge in [0, 0.05) is 15.1 Å². The summed E-state index contributed by atoms with van der Waals surface area (Å²) in [5.41, 5.74) is -0.477. The molecular formula is C14H14Cl2INO3. The number of nitrogens with one attached hydrogen (secondary N) is 1. The predicted molar refractivity (Wildman–Crippen MR) is 90.0 cm³/mol. The van der Waals surface area contributed by atoms with Crippen LogP contribution in [-0.4, -0.2) is 23.5 Å². The summed E-state index contributed by atoms with van der Waals surface area (Å²) in [5, 5.41) is 12.9. The minimum atomic E-state index is -0.848. The molecule has 0 atom stereocenters. The number of hydrogen-bond acceptors (Lipinski definition) is 2. The van der Waals surface area contributed by atoms with Crippen molar-refractivity contribution >= 4 is 57.7 Å². The molecule has 0 spiro atoms. The number of carbonyl (C=O) groups excluding carboxylic acids is 1. The van der Waals surface area contributed by atoms with E-state index in [1.165, 1.54) is 6.07 Å². The van der Waals surface area contributed by atoms with Gasteiger partial charge in [0.15, 0.2) is 0 Å². The Labute approximate surface area is 146 Å². The summed E-state index contributed by atoms with van der Waals surface area (Å²) in [7, 11) is 0. The van der Waals surface area contributed by atoms with E-state index in [9.17, 15) is 14.7 Å². The van der Waals surface area contributed by atoms with Crippen molar-refractivity contribution in [1.82, 2.24) is 5.32 Å². The highest BCUT2D eigenvalue weighted by atomic mass is 127. The summed E-state index contributed by atoms with van der Waals surface area (Å²) >= 11 is 13.9. The maximum Gasteiger partial charge on any atom is 0.311 e. The molecule has 0 unspecified atom stereocenters. The Kier molecular flexibility index (Phi) is 5.38. The molecule has 21 heavy (non-hydrogen) atoms. The van der Waals surface area contributed by atoms with Gasteiger partial charge in [0.25, 0.3) is 5.91 Å². The molecular weight excluding hydrogens is 428 g/mol. The van der Waals surface area contributed by atoms with E-state index in [-0.39, 0.29) is 12.5 Å². The number of carboxylic acids is 1. The lowest BCUT2D eigenvalue weighted by Crippen LogP contribution is -2.41. The van der Waals surface area contributed by atoms with Gasteiger partial charge in [0.1, 0.15) is 0 Å². The van der Waals surface area contributed by atoms with Crippen LogP contribution in [0.2, 0.25) is 10.0 Å². The first kappa shape index (κ1) is 16.8. The molecule has 1 saturated carbocycles. The van der Waals surface area contributed by atoms with Crippen LogP contribution in [0.5, 0.6) is 0 Å². The van der Waals surface area contributed by atoms with E-state index in [2.05, 4.69) is 5.32 Å². The van der Waals surface area contributed by atoms with Gasteiger partial charge < -0.3 is 10.4 Å². The summed E-state index contributed by atoms with van der Waals surface area (Å²) in [6.07, 6.45) is 2.94. The van der Waals surface area contributed by atoms with Crippen LogP contribution in [0.3, 0.4) is 0 Å². The van der Waals surface area contributed by atoms with Crippen molar-refractivity contribution in [3.05, 3.63) is 31.3 Å². The van der Waals surface area contributed by atoms with Crippen molar-refractivity contribution in [2.75, 3.05) is 6.54 Å². The molecule has 1 amide bonds. The topological polar surface area (TPSA) is 66.4 Å². The van der Waals surface area contributed by atoms with Gasteiger partial charge in [-0.15, -0.1) is 0 Å². The third-order valence-corrected chi connectivity index (χ3v) is 5.84. The number of carboxylic acid groups (broad SMARTS) is 1. The fourth-order valence-electron chi connectivity index (χ4n) is 2.58. The second-order valence-corrected chi connectivity index (χ2v) is 7.15. The maximum atomic E-state index is 12.3. The van der Waals surface area contributed by atoms with Crippen molar-refractivity contribution < 1.29 is 14.7 Å². The fraction of sp³-hybridized carbons (Fsp3) is 0.429. The molecule has 1 aliphatic carbocycles. The molecule has 2 N–H and O–H groups in total. The smallest absolute Gasteiger partial charge is 0.311 e. The van der Waals surface area contributed by atoms with Crippen LogP contribution < -0.4 is 5.32 Å². The van der Waals surface area contributed by atoms with Gasteiger partial charge in [-0.25, -0.2) is 0 Å². The van der Waals surface area contributed by atoms with Gasteiger partial charge in [-0.05, 0) is 47.6 Å². The molecule has 4 nitrogen and oxygen atoms in total. The number of aliphatic carboxylic acids is 1. The van der Waals surface area contributed by atoms with Crippen molar-refractivity contribution in [2.24, 2.45) is 5.41 Å². The Balaban J connectivity index is 2.14. The molecule has 1 fully saturated rings. The molecule has 0 aliphatic heterocycles. The van der Waals surface area contributed by atoms with Crippen LogP contribution >= 0.6 is 45.8 Å². The van der Waals surface area contributed by atoms with Crippen molar-refractivity contribution in [3.63, 3.8) is 0 Å². The summed E-state index contributed by atoms with van der Waals surface area (Å²) in [6.45, 7) is 0.126. The molecule has 7 heteroatoms. The molecule has 0 radical (unpaired) electrons. The summed E-state index contributed by atoms with van der Waals surface area (Å²) in [6, 6.07) is 3.10. The minimum Gasteiger partial charge on any atom is -0.481 e. The highest BCUT2D eigenvalue weighted by Gasteiger charge is 2.41. The average Bonchev–Trinajstić information content (AvgIpc) is 2.90. The molecule has 114 valence electrons. The van der Waals surface area contributed by atoms with Crippen LogP contribution in [0.4, 0.5) is 0 Å². The lowest BCUT2D eigenvalue weighted by Gasteiger charge is -2.24. The van der Waals surface area contributed by atoms with Crippen molar-refractivity contribution in [3.8, 4) is 0 Å². The standard InChI is InChI=1S/C14H14Cl2INO3/c15-8-5-9(11(17)10(16)6-8)12(19)18-7-14(13(20)21)3-1-2-4-14/h5-6H,1-4,7H2,(H,18,19)(H,20,21). The zero-order valence-electron chi connectivity index (χ0n) is 11.1. The first-order chi connectivity index (χ1) is 9.85. The maximum absolute atomic E-state index is 12.3. The van der Waals surface area contributed by atoms with E-state index in [1.807, 2.05) is 22.6 Å². The Hall–Kier alpha value is -0.530. The van der Waals surface area contributed by atoms with Gasteiger partial charge >= 0.3 is 5.97 Å². The van der Waals surface area contributed by atoms with E-state index < -0.39 is 11.4 Å². The van der Waals surface area contributed by atoms with Crippen LogP contribution in [0, 0.1) is 8.99 Å². The number of benzene rings is 1. The van der Waals surface area contributed by atoms with Gasteiger partial charge in [0.05, 0.1) is 16.0 Å². The van der Waals surface area contributed by atoms with Crippen LogP contribution in [0.1, 0.15) is 36.0 Å². The fourth-order valence-corrected chi connectivity index (χ4v) is 3.63. The van der Waals surface area contributed by atoms with Crippen LogP contribution in [0.25, 0.3) is 0 Å². The first-order valence-corrected chi connectivity index (χ1v) is 8.35. The minimum absolute atomic E-state index is 0.126. The number of carbonyl (C=O) groups is 2. The van der Waals surface area contributed by atoms with Crippen LogP contribution in [-0.2, 0) is 4.79 Å². The van der Waals surface area contributed by atoms with Gasteiger partial charge in [0.2, 0.25) is 0 Å². The lowest BCUT2D eigenvalue weighted by atomic mass is 9.86. The van der Waals surface area contributed by atoms with E-state index >= 15 is 0 Å². The molecule has 0 bridgehead atoms. The van der Waals surface area contributed by atoms with Crippen LogP contribution in [0.15, 0.2) is 12.1 Å². The molecule has 1 aromatic rings. The zero-order chi connectivity index (χ0) is 15.6. The number of hydrogen-bond donors (Lipinski definition) is 2. The third kappa shape index (κ3) is 3.63. The number of rotatable bonds is 4. The largest absolute Gasteiger partial charge is 0.481 e. The molecule has 1 aromatic carbocycles. The SMILES string of the molecule is O=C(NCC1(C(=O)O)CCCC1)c1cc(Cl)cc(Cl)c1I. The normalized spacial score (nSPS) is 16.7. The Bertz CT molecular complexity index is 586. The monoisotopic (exact) mass is 441 g/mol. The van der Waals surface area contributed by atoms with E-state index in [0.717, 1.165) is 12.8 Å². The van der Waals surface area contributed by atoms with Gasteiger partial charge in [-0.2, -0.15) is 0 Å². The Morgan fingerprint density at radius 3 is 2.48 bits per heavy atom. The number of amides is 1. The molecule has 2 rings (SSSR count). The average molecular weight is 442 g/mol. The molecule has 0 saturated heterocycles. The molecule has 0 aromatic heterocycles. The van der Waals surface area contributed by atoms with E-state index in [4.69, 9.17) is 23.2 Å². The zero-order valence-corrected chi connectivity index (χ0v) is 14.8. The lowest BCUT2D eigenvalue weighted by molar-refractivity contribution is -0.148. The van der Waals surface area contributed by atoms with Gasteiger partial charge in [-0.1, -0.05) is 36.0 Å². The Morgan fingerprint density at radius 2 is 1.90 bits per heavy atom. The highest BCUT2D eigenvalue weighted by Crippen LogP contribution is 2.38. The summed E-state index contributed by atoms with van der Waals surface area (Å²) in [5.74, 6) is -1.20. The predicted octanol–water partition coefficient (Wildman–Crippen LogP) is 3.97. The second-order valence-electron chi connectivity index (χ2n) is 5.22. The Morgan fingerprint density at radius 1 is 1.29 bits per heavy atom. The first-order valence-electron chi connectivity index (χ1n) is 6.52. The van der Waals surface area contributed by atoms with Crippen molar-refractivity contribution in [2.45, 2.75) is 25.7 Å². The van der Waals surface area contributed by atoms with E-state index in [1.54, 1.807) is 6.07 Å². The number of halogens is 3. The van der Waals surface area contributed by atoms with E-state index in [0.29, 0.717) is 32.0 Å². The highest BCUT2D eigenvalue weighted by molar-refractivity contribution is 14.1. The molecule has 1 aliphatic rings. The summed E-state index contributed by atoms with van der Waals surface area (Å²) < 4.78 is 0.604. The van der Waals surface area contributed by atoms with Crippen molar-refractivity contribution in [1.29, 1.82) is 0 Å². The quantitative estimate of drug-likeness (QED) is 0.548. The summed E-state index contributed by atoms with van der Waals surface area (Å²) in [4.78, 5) is 23.7. The van der Waals surface area contributed by atoms with Gasteiger partial charge in [-0.3, -0.25) is 9.59 Å². The third-order valence-electron chi connectivity index (χ3n) is 3.84.